The first kappa shape index (κ1) is 9.57. The van der Waals surface area contributed by atoms with E-state index < -0.39 is 0 Å². The SMILES string of the molecule is Brc1ccc(C2NCCc3[nH]cnc32)s1. The van der Waals surface area contributed by atoms with Gasteiger partial charge < -0.3 is 10.3 Å². The summed E-state index contributed by atoms with van der Waals surface area (Å²) in [6.07, 6.45) is 2.83. The Kier molecular flexibility index (Phi) is 2.38. The molecule has 15 heavy (non-hydrogen) atoms. The van der Waals surface area contributed by atoms with Gasteiger partial charge in [-0.1, -0.05) is 0 Å². The average molecular weight is 284 g/mol. The molecule has 2 aromatic heterocycles. The zero-order chi connectivity index (χ0) is 10.3. The van der Waals surface area contributed by atoms with Crippen LogP contribution in [0.1, 0.15) is 22.3 Å². The summed E-state index contributed by atoms with van der Waals surface area (Å²) in [6.45, 7) is 1.01. The number of rotatable bonds is 1. The molecule has 1 aliphatic rings. The lowest BCUT2D eigenvalue weighted by Gasteiger charge is -2.21. The van der Waals surface area contributed by atoms with Crippen molar-refractivity contribution in [3.8, 4) is 0 Å². The molecule has 3 nitrogen and oxygen atoms in total. The van der Waals surface area contributed by atoms with Crippen molar-refractivity contribution < 1.29 is 0 Å². The molecule has 78 valence electrons. The standard InChI is InChI=1S/C10H10BrN3S/c11-8-2-1-7(15-8)10-9-6(3-4-12-10)13-5-14-9/h1-2,5,10,12H,3-4H2,(H,13,14). The molecule has 0 saturated heterocycles. The van der Waals surface area contributed by atoms with Crippen LogP contribution in [0.15, 0.2) is 22.2 Å². The number of nitrogens with zero attached hydrogens (tertiary/aromatic N) is 1. The van der Waals surface area contributed by atoms with E-state index in [2.05, 4.69) is 43.3 Å². The predicted molar refractivity (Wildman–Crippen MR) is 64.2 cm³/mol. The number of fused-ring (bicyclic) bond motifs is 1. The summed E-state index contributed by atoms with van der Waals surface area (Å²) in [6, 6.07) is 4.50. The van der Waals surface area contributed by atoms with Crippen molar-refractivity contribution >= 4 is 27.3 Å². The molecule has 0 radical (unpaired) electrons. The van der Waals surface area contributed by atoms with Crippen molar-refractivity contribution in [1.82, 2.24) is 15.3 Å². The van der Waals surface area contributed by atoms with Gasteiger partial charge in [-0.25, -0.2) is 4.98 Å². The molecule has 2 N–H and O–H groups in total. The molecule has 0 saturated carbocycles. The summed E-state index contributed by atoms with van der Waals surface area (Å²) in [5.41, 5.74) is 2.42. The highest BCUT2D eigenvalue weighted by Crippen LogP contribution is 2.33. The Labute approximate surface area is 100 Å². The van der Waals surface area contributed by atoms with Gasteiger partial charge in [-0.2, -0.15) is 0 Å². The van der Waals surface area contributed by atoms with Gasteiger partial charge in [0.1, 0.15) is 0 Å². The van der Waals surface area contributed by atoms with Crippen LogP contribution in [0.5, 0.6) is 0 Å². The Hall–Kier alpha value is -0.650. The van der Waals surface area contributed by atoms with E-state index in [0.29, 0.717) is 0 Å². The number of imidazole rings is 1. The maximum atomic E-state index is 4.40. The molecule has 5 heteroatoms. The molecule has 1 unspecified atom stereocenters. The molecule has 2 aromatic rings. The lowest BCUT2D eigenvalue weighted by atomic mass is 10.0. The largest absolute Gasteiger partial charge is 0.348 e. The molecular weight excluding hydrogens is 274 g/mol. The highest BCUT2D eigenvalue weighted by molar-refractivity contribution is 9.11. The van der Waals surface area contributed by atoms with Crippen LogP contribution in [0.4, 0.5) is 0 Å². The van der Waals surface area contributed by atoms with Gasteiger partial charge in [0.05, 0.1) is 21.8 Å². The minimum Gasteiger partial charge on any atom is -0.348 e. The van der Waals surface area contributed by atoms with Crippen LogP contribution in [-0.2, 0) is 6.42 Å². The number of H-pyrrole nitrogens is 1. The number of aromatic nitrogens is 2. The Morgan fingerprint density at radius 2 is 2.40 bits per heavy atom. The van der Waals surface area contributed by atoms with Crippen LogP contribution in [0.3, 0.4) is 0 Å². The van der Waals surface area contributed by atoms with E-state index in [1.807, 2.05) is 0 Å². The van der Waals surface area contributed by atoms with Gasteiger partial charge in [-0.15, -0.1) is 11.3 Å². The zero-order valence-corrected chi connectivity index (χ0v) is 10.4. The maximum Gasteiger partial charge on any atom is 0.0926 e. The number of thiophene rings is 1. The van der Waals surface area contributed by atoms with Gasteiger partial charge in [0.15, 0.2) is 0 Å². The van der Waals surface area contributed by atoms with Crippen LogP contribution in [0.2, 0.25) is 0 Å². The minimum absolute atomic E-state index is 0.260. The quantitative estimate of drug-likeness (QED) is 0.844. The lowest BCUT2D eigenvalue weighted by molar-refractivity contribution is 0.560. The summed E-state index contributed by atoms with van der Waals surface area (Å²) in [4.78, 5) is 8.92. The predicted octanol–water partition coefficient (Wildman–Crippen LogP) is 2.47. The van der Waals surface area contributed by atoms with E-state index in [4.69, 9.17) is 0 Å². The van der Waals surface area contributed by atoms with Gasteiger partial charge in [-0.05, 0) is 28.1 Å². The maximum absolute atomic E-state index is 4.40. The van der Waals surface area contributed by atoms with Crippen molar-refractivity contribution in [3.63, 3.8) is 0 Å². The van der Waals surface area contributed by atoms with Gasteiger partial charge in [0, 0.05) is 23.5 Å². The number of halogens is 1. The number of aromatic amines is 1. The second-order valence-electron chi connectivity index (χ2n) is 3.55. The first-order valence-electron chi connectivity index (χ1n) is 4.85. The van der Waals surface area contributed by atoms with Crippen LogP contribution in [0.25, 0.3) is 0 Å². The third-order valence-electron chi connectivity index (χ3n) is 2.63. The Morgan fingerprint density at radius 3 is 3.20 bits per heavy atom. The molecular formula is C10H10BrN3S. The Bertz CT molecular complexity index is 476. The van der Waals surface area contributed by atoms with Crippen LogP contribution in [0, 0.1) is 0 Å². The molecule has 1 atom stereocenters. The molecule has 3 rings (SSSR count). The summed E-state index contributed by atoms with van der Waals surface area (Å²) >= 11 is 5.25. The minimum atomic E-state index is 0.260. The molecule has 0 aromatic carbocycles. The van der Waals surface area contributed by atoms with Crippen LogP contribution < -0.4 is 5.32 Å². The number of hydrogen-bond donors (Lipinski definition) is 2. The third kappa shape index (κ3) is 1.64. The summed E-state index contributed by atoms with van der Waals surface area (Å²) in [5.74, 6) is 0. The fourth-order valence-corrected chi connectivity index (χ4v) is 3.44. The lowest BCUT2D eigenvalue weighted by Crippen LogP contribution is -2.30. The second-order valence-corrected chi connectivity index (χ2v) is 6.04. The topological polar surface area (TPSA) is 40.7 Å². The Morgan fingerprint density at radius 1 is 1.47 bits per heavy atom. The van der Waals surface area contributed by atoms with Crippen molar-refractivity contribution in [2.75, 3.05) is 6.54 Å². The highest BCUT2D eigenvalue weighted by Gasteiger charge is 2.24. The summed E-state index contributed by atoms with van der Waals surface area (Å²) < 4.78 is 1.17. The Balaban J connectivity index is 2.02. The number of hydrogen-bond acceptors (Lipinski definition) is 3. The summed E-state index contributed by atoms with van der Waals surface area (Å²) in [7, 11) is 0. The first-order chi connectivity index (χ1) is 7.34. The highest BCUT2D eigenvalue weighted by atomic mass is 79.9. The molecule has 1 aliphatic heterocycles. The van der Waals surface area contributed by atoms with E-state index in [9.17, 15) is 0 Å². The molecule has 0 spiro atoms. The average Bonchev–Trinajstić information content (AvgIpc) is 2.84. The summed E-state index contributed by atoms with van der Waals surface area (Å²) in [5, 5.41) is 3.50. The van der Waals surface area contributed by atoms with E-state index >= 15 is 0 Å². The van der Waals surface area contributed by atoms with E-state index in [1.165, 1.54) is 14.4 Å². The molecule has 0 fully saturated rings. The fraction of sp³-hybridized carbons (Fsp3) is 0.300. The fourth-order valence-electron chi connectivity index (χ4n) is 1.94. The third-order valence-corrected chi connectivity index (χ3v) is 4.32. The molecule has 0 amide bonds. The monoisotopic (exact) mass is 283 g/mol. The van der Waals surface area contributed by atoms with Crippen LogP contribution >= 0.6 is 27.3 Å². The van der Waals surface area contributed by atoms with Gasteiger partial charge in [-0.3, -0.25) is 0 Å². The van der Waals surface area contributed by atoms with Crippen molar-refractivity contribution in [3.05, 3.63) is 38.5 Å². The van der Waals surface area contributed by atoms with Gasteiger partial charge >= 0.3 is 0 Å². The van der Waals surface area contributed by atoms with Crippen LogP contribution in [-0.4, -0.2) is 16.5 Å². The second kappa shape index (κ2) is 3.73. The van der Waals surface area contributed by atoms with Gasteiger partial charge in [0.2, 0.25) is 0 Å². The number of nitrogens with one attached hydrogen (secondary N) is 2. The normalized spacial score (nSPS) is 20.2. The smallest absolute Gasteiger partial charge is 0.0926 e. The molecule has 0 aliphatic carbocycles. The zero-order valence-electron chi connectivity index (χ0n) is 7.96. The molecule has 0 bridgehead atoms. The van der Waals surface area contributed by atoms with Gasteiger partial charge in [0.25, 0.3) is 0 Å². The van der Waals surface area contributed by atoms with E-state index in [1.54, 1.807) is 17.7 Å². The molecule has 3 heterocycles. The van der Waals surface area contributed by atoms with E-state index in [0.717, 1.165) is 18.7 Å². The van der Waals surface area contributed by atoms with Crippen molar-refractivity contribution in [2.24, 2.45) is 0 Å². The van der Waals surface area contributed by atoms with E-state index in [-0.39, 0.29) is 6.04 Å². The van der Waals surface area contributed by atoms with Crippen molar-refractivity contribution in [2.45, 2.75) is 12.5 Å². The first-order valence-corrected chi connectivity index (χ1v) is 6.46. The van der Waals surface area contributed by atoms with Crippen molar-refractivity contribution in [1.29, 1.82) is 0 Å².